The minimum atomic E-state index is -4.47. The Hall–Kier alpha value is -2.39. The van der Waals surface area contributed by atoms with Crippen molar-refractivity contribution in [2.24, 2.45) is 5.16 Å². The third-order valence-corrected chi connectivity index (χ3v) is 3.89. The van der Waals surface area contributed by atoms with Crippen molar-refractivity contribution in [2.45, 2.75) is 32.4 Å². The van der Waals surface area contributed by atoms with Gasteiger partial charge in [-0.15, -0.1) is 0 Å². The van der Waals surface area contributed by atoms with Crippen LogP contribution >= 0.6 is 11.6 Å². The number of nitrogens with one attached hydrogen (secondary N) is 1. The van der Waals surface area contributed by atoms with Crippen LogP contribution in [0.2, 0.25) is 5.02 Å². The van der Waals surface area contributed by atoms with E-state index in [1.165, 1.54) is 17.7 Å². The van der Waals surface area contributed by atoms with Gasteiger partial charge < -0.3 is 4.84 Å². The first-order valence-corrected chi connectivity index (χ1v) is 10.0. The Bertz CT molecular complexity index is 912. The summed E-state index contributed by atoms with van der Waals surface area (Å²) >= 11 is 5.86. The molecule has 0 heterocycles. The Kier molecular flexibility index (Phi) is 10.4. The molecule has 0 bridgehead atoms. The average molecular weight is 449 g/mol. The lowest BCUT2D eigenvalue weighted by molar-refractivity contribution is -0.137. The summed E-state index contributed by atoms with van der Waals surface area (Å²) in [6, 6.07) is 13.4. The second-order valence-electron chi connectivity index (χ2n) is 5.74. The maximum Gasteiger partial charge on any atom is 0.417 e. The summed E-state index contributed by atoms with van der Waals surface area (Å²) in [7, 11) is -2.61. The first-order chi connectivity index (χ1) is 13.6. The highest BCUT2D eigenvalue weighted by molar-refractivity contribution is 7.60. The highest BCUT2D eigenvalue weighted by atomic mass is 35.5. The van der Waals surface area contributed by atoms with Gasteiger partial charge in [-0.05, 0) is 43.0 Å². The fraction of sp³-hybridized carbons (Fsp3) is 0.316. The van der Waals surface area contributed by atoms with Crippen molar-refractivity contribution in [2.75, 3.05) is 6.61 Å². The molecule has 5 nitrogen and oxygen atoms in total. The van der Waals surface area contributed by atoms with E-state index in [4.69, 9.17) is 29.6 Å². The lowest BCUT2D eigenvalue weighted by Crippen LogP contribution is -2.13. The Morgan fingerprint density at radius 2 is 1.79 bits per heavy atom. The van der Waals surface area contributed by atoms with Gasteiger partial charge in [-0.3, -0.25) is 0 Å². The first-order valence-electron chi connectivity index (χ1n) is 8.55. The fourth-order valence-electron chi connectivity index (χ4n) is 2.42. The van der Waals surface area contributed by atoms with Crippen LogP contribution < -0.4 is 0 Å². The number of aryl methyl sites for hydroxylation is 1. The van der Waals surface area contributed by atoms with E-state index >= 15 is 0 Å². The Morgan fingerprint density at radius 3 is 2.34 bits per heavy atom. The SMILES string of the molecule is CC/C(=N\OCCCc1ccccc1)c1cc(Cl)ccc1C(F)(F)F.N=S(=O)=O. The smallest absolute Gasteiger partial charge is 0.396 e. The van der Waals surface area contributed by atoms with Crippen LogP contribution in [0, 0.1) is 4.78 Å². The molecular formula is C19H20ClF3N2O3S. The molecule has 2 aromatic carbocycles. The molecule has 0 aliphatic rings. The summed E-state index contributed by atoms with van der Waals surface area (Å²) in [6.45, 7) is 2.06. The fourth-order valence-corrected chi connectivity index (χ4v) is 2.59. The van der Waals surface area contributed by atoms with Crippen LogP contribution in [0.4, 0.5) is 13.2 Å². The van der Waals surface area contributed by atoms with Crippen molar-refractivity contribution in [1.82, 2.24) is 0 Å². The molecule has 29 heavy (non-hydrogen) atoms. The lowest BCUT2D eigenvalue weighted by Gasteiger charge is -2.14. The van der Waals surface area contributed by atoms with Crippen molar-refractivity contribution in [3.8, 4) is 0 Å². The number of alkyl halides is 3. The van der Waals surface area contributed by atoms with Gasteiger partial charge in [0, 0.05) is 10.6 Å². The van der Waals surface area contributed by atoms with Gasteiger partial charge in [0.1, 0.15) is 6.61 Å². The van der Waals surface area contributed by atoms with Gasteiger partial charge in [-0.1, -0.05) is 54.0 Å². The van der Waals surface area contributed by atoms with Gasteiger partial charge in [-0.25, -0.2) is 0 Å². The quantitative estimate of drug-likeness (QED) is 0.332. The van der Waals surface area contributed by atoms with Crippen LogP contribution in [0.5, 0.6) is 0 Å². The van der Waals surface area contributed by atoms with E-state index in [1.54, 1.807) is 6.92 Å². The molecule has 1 N–H and O–H groups in total. The maximum absolute atomic E-state index is 13.2. The number of nitrogens with zero attached hydrogens (tertiary/aromatic N) is 1. The monoisotopic (exact) mass is 448 g/mol. The van der Waals surface area contributed by atoms with E-state index in [0.717, 1.165) is 18.9 Å². The molecule has 0 amide bonds. The second-order valence-corrected chi connectivity index (χ2v) is 6.64. The number of hydrogen-bond donors (Lipinski definition) is 1. The summed E-state index contributed by atoms with van der Waals surface area (Å²) < 4.78 is 62.3. The normalized spacial score (nSPS) is 11.4. The van der Waals surface area contributed by atoms with Gasteiger partial charge in [-0.2, -0.15) is 26.4 Å². The molecule has 10 heteroatoms. The van der Waals surface area contributed by atoms with Crippen LogP contribution in [0.1, 0.15) is 36.5 Å². The van der Waals surface area contributed by atoms with Crippen molar-refractivity contribution in [1.29, 1.82) is 4.78 Å². The summed E-state index contributed by atoms with van der Waals surface area (Å²) in [4.78, 5) is 5.25. The van der Waals surface area contributed by atoms with Gasteiger partial charge >= 0.3 is 16.7 Å². The summed E-state index contributed by atoms with van der Waals surface area (Å²) in [5.41, 5.74) is 0.616. The zero-order valence-corrected chi connectivity index (χ0v) is 17.1. The topological polar surface area (TPSA) is 79.6 Å². The molecule has 0 atom stereocenters. The molecule has 2 rings (SSSR count). The number of oxime groups is 1. The third kappa shape index (κ3) is 9.58. The molecule has 158 valence electrons. The van der Waals surface area contributed by atoms with Crippen molar-refractivity contribution in [3.63, 3.8) is 0 Å². The van der Waals surface area contributed by atoms with Gasteiger partial charge in [0.15, 0.2) is 0 Å². The average Bonchev–Trinajstić information content (AvgIpc) is 2.64. The van der Waals surface area contributed by atoms with Crippen LogP contribution in [0.3, 0.4) is 0 Å². The van der Waals surface area contributed by atoms with Crippen molar-refractivity contribution < 1.29 is 26.4 Å². The van der Waals surface area contributed by atoms with Crippen LogP contribution in [-0.4, -0.2) is 20.7 Å². The minimum absolute atomic E-state index is 0.0365. The van der Waals surface area contributed by atoms with E-state index in [2.05, 4.69) is 5.16 Å². The molecule has 0 saturated heterocycles. The van der Waals surface area contributed by atoms with Crippen LogP contribution in [0.25, 0.3) is 0 Å². The molecule has 0 aliphatic heterocycles. The molecule has 0 fully saturated rings. The second kappa shape index (κ2) is 12.2. The standard InChI is InChI=1S/C19H19ClF3NO.HNO2S/c1-2-18(16-13-15(20)10-11-17(16)19(21,22)23)24-25-12-6-9-14-7-4-3-5-8-14;1-4(2)3/h3-5,7-8,10-11,13H,2,6,9,12H2,1H3;1H/b24-18+;. The molecule has 2 aromatic rings. The maximum atomic E-state index is 13.2. The van der Waals surface area contributed by atoms with Crippen LogP contribution in [0.15, 0.2) is 53.7 Å². The Morgan fingerprint density at radius 1 is 1.17 bits per heavy atom. The van der Waals surface area contributed by atoms with E-state index < -0.39 is 22.2 Å². The summed E-state index contributed by atoms with van der Waals surface area (Å²) in [5, 5.41) is 4.15. The zero-order valence-electron chi connectivity index (χ0n) is 15.5. The van der Waals surface area contributed by atoms with E-state index in [1.807, 2.05) is 30.3 Å². The van der Waals surface area contributed by atoms with Gasteiger partial charge in [0.05, 0.1) is 11.3 Å². The molecule has 0 aliphatic carbocycles. The molecular weight excluding hydrogens is 429 g/mol. The number of halogens is 4. The zero-order chi connectivity index (χ0) is 21.9. The van der Waals surface area contributed by atoms with E-state index in [9.17, 15) is 13.2 Å². The Balaban J connectivity index is 0.000000960. The van der Waals surface area contributed by atoms with Crippen LogP contribution in [-0.2, 0) is 27.9 Å². The number of hydrogen-bond acceptors (Lipinski definition) is 5. The molecule has 0 unspecified atom stereocenters. The molecule has 0 aromatic heterocycles. The third-order valence-electron chi connectivity index (χ3n) is 3.65. The highest BCUT2D eigenvalue weighted by Gasteiger charge is 2.34. The van der Waals surface area contributed by atoms with Crippen molar-refractivity contribution in [3.05, 3.63) is 70.2 Å². The van der Waals surface area contributed by atoms with E-state index in [-0.39, 0.29) is 16.3 Å². The highest BCUT2D eigenvalue weighted by Crippen LogP contribution is 2.34. The minimum Gasteiger partial charge on any atom is -0.396 e. The van der Waals surface area contributed by atoms with Gasteiger partial charge in [0.2, 0.25) is 0 Å². The predicted octanol–water partition coefficient (Wildman–Crippen LogP) is 5.75. The van der Waals surface area contributed by atoms with E-state index in [0.29, 0.717) is 13.0 Å². The molecule has 0 spiro atoms. The number of rotatable bonds is 7. The Labute approximate surface area is 173 Å². The number of benzene rings is 2. The van der Waals surface area contributed by atoms with Gasteiger partial charge in [0.25, 0.3) is 0 Å². The van der Waals surface area contributed by atoms with Crippen molar-refractivity contribution >= 4 is 27.8 Å². The lowest BCUT2D eigenvalue weighted by atomic mass is 10.0. The largest absolute Gasteiger partial charge is 0.417 e. The summed E-state index contributed by atoms with van der Waals surface area (Å²) in [5.74, 6) is 0. The first kappa shape index (κ1) is 24.6. The molecule has 0 radical (unpaired) electrons. The predicted molar refractivity (Wildman–Crippen MR) is 106 cm³/mol. The molecule has 0 saturated carbocycles. The summed E-state index contributed by atoms with van der Waals surface area (Å²) in [6.07, 6.45) is -2.61.